The van der Waals surface area contributed by atoms with Crippen molar-refractivity contribution in [2.45, 2.75) is 19.3 Å². The first-order valence-electron chi connectivity index (χ1n) is 8.02. The molecular weight excluding hydrogens is 322 g/mol. The van der Waals surface area contributed by atoms with Crippen molar-refractivity contribution in [2.75, 3.05) is 19.0 Å². The fourth-order valence-corrected chi connectivity index (χ4v) is 2.86. The molecule has 25 heavy (non-hydrogen) atoms. The van der Waals surface area contributed by atoms with Crippen LogP contribution in [0.2, 0.25) is 0 Å². The van der Waals surface area contributed by atoms with Gasteiger partial charge in [-0.05, 0) is 42.2 Å². The number of carboxylic acids is 1. The maximum atomic E-state index is 12.3. The van der Waals surface area contributed by atoms with E-state index >= 15 is 0 Å². The highest BCUT2D eigenvalue weighted by Crippen LogP contribution is 2.26. The quantitative estimate of drug-likeness (QED) is 0.873. The monoisotopic (exact) mass is 341 g/mol. The van der Waals surface area contributed by atoms with Crippen LogP contribution in [0, 0.1) is 0 Å². The van der Waals surface area contributed by atoms with Crippen molar-refractivity contribution in [1.82, 2.24) is 0 Å². The van der Waals surface area contributed by atoms with Crippen LogP contribution in [0.4, 0.5) is 5.69 Å². The number of hydrogen-bond acceptors (Lipinski definition) is 4. The number of carboxylic acid groups (broad SMARTS) is 1. The number of fused-ring (bicyclic) bond motifs is 1. The highest BCUT2D eigenvalue weighted by Gasteiger charge is 2.14. The van der Waals surface area contributed by atoms with Gasteiger partial charge in [0.15, 0.2) is 0 Å². The topological polar surface area (TPSA) is 84.9 Å². The van der Waals surface area contributed by atoms with Gasteiger partial charge in [0.2, 0.25) is 5.91 Å². The third-order valence-electron chi connectivity index (χ3n) is 4.05. The molecule has 1 aliphatic heterocycles. The van der Waals surface area contributed by atoms with Gasteiger partial charge in [-0.1, -0.05) is 12.1 Å². The summed E-state index contributed by atoms with van der Waals surface area (Å²) in [6, 6.07) is 10.3. The standard InChI is InChI=1S/C19H19NO5/c1-24-17-11-14(5-6-15(17)19(22)23)20-18(21)10-12-4-7-16-13(9-12)3-2-8-25-16/h4-7,9,11H,2-3,8,10H2,1H3,(H,20,21)(H,22,23). The van der Waals surface area contributed by atoms with Crippen LogP contribution in [-0.4, -0.2) is 30.7 Å². The Morgan fingerprint density at radius 2 is 2.08 bits per heavy atom. The zero-order valence-corrected chi connectivity index (χ0v) is 13.9. The van der Waals surface area contributed by atoms with E-state index in [0.29, 0.717) is 5.69 Å². The van der Waals surface area contributed by atoms with E-state index in [-0.39, 0.29) is 23.6 Å². The molecule has 1 heterocycles. The van der Waals surface area contributed by atoms with Crippen molar-refractivity contribution >= 4 is 17.6 Å². The van der Waals surface area contributed by atoms with Crippen molar-refractivity contribution in [1.29, 1.82) is 0 Å². The summed E-state index contributed by atoms with van der Waals surface area (Å²) in [5, 5.41) is 11.9. The van der Waals surface area contributed by atoms with Crippen molar-refractivity contribution in [3.63, 3.8) is 0 Å². The molecule has 0 fully saturated rings. The van der Waals surface area contributed by atoms with Gasteiger partial charge in [-0.2, -0.15) is 0 Å². The van der Waals surface area contributed by atoms with Crippen LogP contribution in [0.5, 0.6) is 11.5 Å². The molecule has 0 radical (unpaired) electrons. The van der Waals surface area contributed by atoms with Gasteiger partial charge in [-0.3, -0.25) is 4.79 Å². The van der Waals surface area contributed by atoms with E-state index in [2.05, 4.69) is 5.32 Å². The number of aromatic carboxylic acids is 1. The predicted molar refractivity (Wildman–Crippen MR) is 92.5 cm³/mol. The van der Waals surface area contributed by atoms with Gasteiger partial charge in [0.25, 0.3) is 0 Å². The average molecular weight is 341 g/mol. The van der Waals surface area contributed by atoms with Crippen molar-refractivity contribution in [3.8, 4) is 11.5 Å². The van der Waals surface area contributed by atoms with Crippen molar-refractivity contribution in [3.05, 3.63) is 53.1 Å². The molecule has 1 amide bonds. The zero-order valence-electron chi connectivity index (χ0n) is 13.9. The van der Waals surface area contributed by atoms with Crippen molar-refractivity contribution < 1.29 is 24.2 Å². The number of aryl methyl sites for hydroxylation is 1. The molecule has 2 aromatic carbocycles. The van der Waals surface area contributed by atoms with E-state index in [0.717, 1.165) is 36.3 Å². The lowest BCUT2D eigenvalue weighted by atomic mass is 10.0. The number of carbonyl (C=O) groups is 2. The molecule has 3 rings (SSSR count). The van der Waals surface area contributed by atoms with E-state index < -0.39 is 5.97 Å². The molecule has 6 heteroatoms. The Hall–Kier alpha value is -3.02. The molecule has 0 atom stereocenters. The highest BCUT2D eigenvalue weighted by atomic mass is 16.5. The summed E-state index contributed by atoms with van der Waals surface area (Å²) in [5.41, 5.74) is 2.59. The van der Waals surface area contributed by atoms with Crippen LogP contribution in [0.15, 0.2) is 36.4 Å². The second kappa shape index (κ2) is 7.25. The predicted octanol–water partition coefficient (Wildman–Crippen LogP) is 2.90. The number of hydrogen-bond donors (Lipinski definition) is 2. The molecule has 6 nitrogen and oxygen atoms in total. The summed E-state index contributed by atoms with van der Waals surface area (Å²) in [5.74, 6) is -0.159. The molecule has 0 aliphatic carbocycles. The fourth-order valence-electron chi connectivity index (χ4n) is 2.86. The molecule has 0 spiro atoms. The maximum Gasteiger partial charge on any atom is 0.339 e. The van der Waals surface area contributed by atoms with E-state index in [1.54, 1.807) is 6.07 Å². The number of methoxy groups -OCH3 is 1. The Bertz CT molecular complexity index is 815. The third kappa shape index (κ3) is 3.91. The lowest BCUT2D eigenvalue weighted by Crippen LogP contribution is -2.15. The molecule has 2 N–H and O–H groups in total. The molecule has 130 valence electrons. The van der Waals surface area contributed by atoms with Crippen LogP contribution < -0.4 is 14.8 Å². The first kappa shape index (κ1) is 16.8. The molecule has 0 unspecified atom stereocenters. The molecule has 0 bridgehead atoms. The van der Waals surface area contributed by atoms with Crippen LogP contribution >= 0.6 is 0 Å². The molecule has 0 saturated heterocycles. The summed E-state index contributed by atoms with van der Waals surface area (Å²) in [4.78, 5) is 23.4. The van der Waals surface area contributed by atoms with E-state index in [4.69, 9.17) is 14.6 Å². The lowest BCUT2D eigenvalue weighted by molar-refractivity contribution is -0.115. The SMILES string of the molecule is COc1cc(NC(=O)Cc2ccc3c(c2)CCCO3)ccc1C(=O)O. The number of amides is 1. The number of anilines is 1. The third-order valence-corrected chi connectivity index (χ3v) is 4.05. The van der Waals surface area contributed by atoms with Gasteiger partial charge in [0.05, 0.1) is 20.1 Å². The molecule has 0 aromatic heterocycles. The summed E-state index contributed by atoms with van der Waals surface area (Å²) < 4.78 is 10.6. The minimum atomic E-state index is -1.08. The molecule has 2 aromatic rings. The summed E-state index contributed by atoms with van der Waals surface area (Å²) >= 11 is 0. The second-order valence-corrected chi connectivity index (χ2v) is 5.84. The van der Waals surface area contributed by atoms with Gasteiger partial charge in [0.1, 0.15) is 17.1 Å². The van der Waals surface area contributed by atoms with Crippen LogP contribution in [0.3, 0.4) is 0 Å². The van der Waals surface area contributed by atoms with Gasteiger partial charge in [-0.15, -0.1) is 0 Å². The van der Waals surface area contributed by atoms with Crippen LogP contribution in [0.25, 0.3) is 0 Å². The highest BCUT2D eigenvalue weighted by molar-refractivity contribution is 5.95. The number of nitrogens with one attached hydrogen (secondary N) is 1. The molecular formula is C19H19NO5. The van der Waals surface area contributed by atoms with E-state index in [9.17, 15) is 9.59 Å². The minimum Gasteiger partial charge on any atom is -0.496 e. The number of rotatable bonds is 5. The summed E-state index contributed by atoms with van der Waals surface area (Å²) in [6.07, 6.45) is 2.17. The molecule has 1 aliphatic rings. The zero-order chi connectivity index (χ0) is 17.8. The van der Waals surface area contributed by atoms with E-state index in [1.807, 2.05) is 18.2 Å². The fraction of sp³-hybridized carbons (Fsp3) is 0.263. The smallest absolute Gasteiger partial charge is 0.339 e. The number of carbonyl (C=O) groups excluding carboxylic acids is 1. The second-order valence-electron chi connectivity index (χ2n) is 5.84. The Morgan fingerprint density at radius 3 is 2.84 bits per heavy atom. The van der Waals surface area contributed by atoms with Gasteiger partial charge < -0.3 is 19.9 Å². The normalized spacial score (nSPS) is 12.7. The molecule has 0 saturated carbocycles. The first-order chi connectivity index (χ1) is 12.1. The van der Waals surface area contributed by atoms with Crippen LogP contribution in [-0.2, 0) is 17.6 Å². The summed E-state index contributed by atoms with van der Waals surface area (Å²) in [6.45, 7) is 0.737. The Labute approximate surface area is 145 Å². The lowest BCUT2D eigenvalue weighted by Gasteiger charge is -2.17. The Kier molecular flexibility index (Phi) is 4.88. The number of ether oxygens (including phenoxy) is 2. The van der Waals surface area contributed by atoms with Gasteiger partial charge >= 0.3 is 5.97 Å². The summed E-state index contributed by atoms with van der Waals surface area (Å²) in [7, 11) is 1.39. The first-order valence-corrected chi connectivity index (χ1v) is 8.02. The van der Waals surface area contributed by atoms with Crippen molar-refractivity contribution in [2.24, 2.45) is 0 Å². The van der Waals surface area contributed by atoms with E-state index in [1.165, 1.54) is 19.2 Å². The minimum absolute atomic E-state index is 0.0511. The van der Waals surface area contributed by atoms with Gasteiger partial charge in [-0.25, -0.2) is 4.79 Å². The Balaban J connectivity index is 1.69. The van der Waals surface area contributed by atoms with Gasteiger partial charge in [0, 0.05) is 11.8 Å². The number of benzene rings is 2. The Morgan fingerprint density at radius 1 is 1.24 bits per heavy atom. The average Bonchev–Trinajstić information content (AvgIpc) is 2.61. The largest absolute Gasteiger partial charge is 0.496 e. The maximum absolute atomic E-state index is 12.3. The van der Waals surface area contributed by atoms with Crippen LogP contribution in [0.1, 0.15) is 27.9 Å².